The number of benzene rings is 1. The molecule has 26 heavy (non-hydrogen) atoms. The lowest BCUT2D eigenvalue weighted by molar-refractivity contribution is -0.137. The van der Waals surface area contributed by atoms with Crippen LogP contribution in [0, 0.1) is 5.82 Å². The molecule has 0 amide bonds. The number of rotatable bonds is 6. The van der Waals surface area contributed by atoms with Crippen LogP contribution in [0.15, 0.2) is 24.4 Å². The number of nitrogens with two attached hydrogens (primary N) is 1. The number of hydrogen-bond acceptors (Lipinski definition) is 5. The van der Waals surface area contributed by atoms with E-state index in [1.807, 2.05) is 0 Å². The first kappa shape index (κ1) is 17.9. The van der Waals surface area contributed by atoms with Crippen LogP contribution in [0.4, 0.5) is 4.39 Å². The average molecular weight is 362 g/mol. The smallest absolute Gasteiger partial charge is 0.323 e. The number of aliphatic carboxylic acids is 1. The Balaban J connectivity index is 2.06. The first-order valence-corrected chi connectivity index (χ1v) is 7.97. The molecule has 138 valence electrons. The van der Waals surface area contributed by atoms with Gasteiger partial charge in [-0.1, -0.05) is 6.07 Å². The number of aliphatic hydroxyl groups excluding tert-OH is 1. The largest absolute Gasteiger partial charge is 0.493 e. The molecule has 2 heterocycles. The van der Waals surface area contributed by atoms with E-state index in [1.165, 1.54) is 13.0 Å². The van der Waals surface area contributed by atoms with Crippen molar-refractivity contribution >= 4 is 16.9 Å². The lowest BCUT2D eigenvalue weighted by atomic mass is 10.1. The Morgan fingerprint density at radius 2 is 2.19 bits per heavy atom. The Bertz CT molecular complexity index is 963. The molecule has 0 aliphatic rings. The fourth-order valence-electron chi connectivity index (χ4n) is 2.92. The second-order valence-electron chi connectivity index (χ2n) is 6.14. The highest BCUT2D eigenvalue weighted by Gasteiger charge is 2.26. The van der Waals surface area contributed by atoms with Gasteiger partial charge in [-0.2, -0.15) is 0 Å². The van der Waals surface area contributed by atoms with Crippen LogP contribution in [0.25, 0.3) is 10.9 Å². The Morgan fingerprint density at radius 1 is 1.46 bits per heavy atom. The number of carboxylic acid groups (broad SMARTS) is 1. The predicted octanol–water partition coefficient (Wildman–Crippen LogP) is 1.27. The summed E-state index contributed by atoms with van der Waals surface area (Å²) in [5.74, 6) is -1.93. The van der Waals surface area contributed by atoms with Crippen molar-refractivity contribution in [1.29, 1.82) is 0 Å². The molecule has 1 aromatic carbocycles. The molecule has 0 saturated carbocycles. The minimum absolute atomic E-state index is 0.0511. The SMILES string of the molecule is CC(O)C(N)c1nc(Cc2c[nH]c3cccc(F)c23)c(O)n1CC(=O)O. The van der Waals surface area contributed by atoms with Gasteiger partial charge in [0, 0.05) is 23.5 Å². The zero-order valence-corrected chi connectivity index (χ0v) is 14.0. The van der Waals surface area contributed by atoms with Crippen LogP contribution in [0.1, 0.15) is 30.0 Å². The van der Waals surface area contributed by atoms with Crippen molar-refractivity contribution in [2.75, 3.05) is 0 Å². The summed E-state index contributed by atoms with van der Waals surface area (Å²) in [5.41, 5.74) is 7.20. The Labute approximate surface area is 147 Å². The first-order chi connectivity index (χ1) is 12.3. The number of aromatic hydroxyl groups is 1. The molecule has 0 radical (unpaired) electrons. The summed E-state index contributed by atoms with van der Waals surface area (Å²) in [7, 11) is 0. The quantitative estimate of drug-likeness (QED) is 0.448. The summed E-state index contributed by atoms with van der Waals surface area (Å²) in [6.07, 6.45) is 0.680. The maximum absolute atomic E-state index is 14.1. The van der Waals surface area contributed by atoms with Gasteiger partial charge in [0.2, 0.25) is 5.88 Å². The molecular weight excluding hydrogens is 343 g/mol. The van der Waals surface area contributed by atoms with Crippen LogP contribution < -0.4 is 5.73 Å². The minimum Gasteiger partial charge on any atom is -0.493 e. The van der Waals surface area contributed by atoms with Crippen LogP contribution in [0.2, 0.25) is 0 Å². The standard InChI is InChI=1S/C17H19FN4O4/c1-8(23)15(19)16-21-12(17(26)22(16)7-13(24)25)5-9-6-20-11-4-2-3-10(18)14(9)11/h2-4,6,8,15,20,23,26H,5,7,19H2,1H3,(H,24,25). The van der Waals surface area contributed by atoms with Crippen molar-refractivity contribution in [3.63, 3.8) is 0 Å². The Hall–Kier alpha value is -2.91. The van der Waals surface area contributed by atoms with Gasteiger partial charge >= 0.3 is 5.97 Å². The van der Waals surface area contributed by atoms with Crippen LogP contribution in [-0.4, -0.2) is 41.9 Å². The lowest BCUT2D eigenvalue weighted by Crippen LogP contribution is -2.27. The predicted molar refractivity (Wildman–Crippen MR) is 91.2 cm³/mol. The molecule has 0 aliphatic heterocycles. The third-order valence-electron chi connectivity index (χ3n) is 4.25. The molecule has 3 rings (SSSR count). The summed E-state index contributed by atoms with van der Waals surface area (Å²) in [5, 5.41) is 29.6. The van der Waals surface area contributed by atoms with Crippen molar-refractivity contribution in [2.24, 2.45) is 5.73 Å². The number of nitrogens with one attached hydrogen (secondary N) is 1. The number of imidazole rings is 1. The average Bonchev–Trinajstić information content (AvgIpc) is 3.11. The van der Waals surface area contributed by atoms with Gasteiger partial charge in [0.05, 0.1) is 12.1 Å². The molecule has 0 aliphatic carbocycles. The number of aliphatic hydroxyl groups is 1. The number of carboxylic acids is 1. The molecule has 9 heteroatoms. The van der Waals surface area contributed by atoms with Gasteiger partial charge in [-0.3, -0.25) is 9.36 Å². The lowest BCUT2D eigenvalue weighted by Gasteiger charge is -2.15. The second-order valence-corrected chi connectivity index (χ2v) is 6.14. The number of fused-ring (bicyclic) bond motifs is 1. The van der Waals surface area contributed by atoms with E-state index >= 15 is 0 Å². The van der Waals surface area contributed by atoms with Crippen LogP contribution in [-0.2, 0) is 17.8 Å². The van der Waals surface area contributed by atoms with E-state index < -0.39 is 30.5 Å². The highest BCUT2D eigenvalue weighted by Crippen LogP contribution is 2.29. The fourth-order valence-corrected chi connectivity index (χ4v) is 2.92. The van der Waals surface area contributed by atoms with E-state index in [2.05, 4.69) is 9.97 Å². The zero-order chi connectivity index (χ0) is 19.0. The van der Waals surface area contributed by atoms with Crippen LogP contribution in [0.5, 0.6) is 5.88 Å². The number of aromatic nitrogens is 3. The number of aromatic amines is 1. The van der Waals surface area contributed by atoms with Crippen molar-refractivity contribution in [1.82, 2.24) is 14.5 Å². The number of halogens is 1. The van der Waals surface area contributed by atoms with E-state index in [1.54, 1.807) is 18.3 Å². The first-order valence-electron chi connectivity index (χ1n) is 7.97. The molecule has 6 N–H and O–H groups in total. The second kappa shape index (κ2) is 6.77. The zero-order valence-electron chi connectivity index (χ0n) is 14.0. The molecule has 0 saturated heterocycles. The van der Waals surface area contributed by atoms with Crippen molar-refractivity contribution in [2.45, 2.75) is 32.0 Å². The van der Waals surface area contributed by atoms with Gasteiger partial charge in [0.15, 0.2) is 0 Å². The van der Waals surface area contributed by atoms with Gasteiger partial charge in [-0.25, -0.2) is 9.37 Å². The third kappa shape index (κ3) is 3.14. The summed E-state index contributed by atoms with van der Waals surface area (Å²) in [6, 6.07) is 3.65. The van der Waals surface area contributed by atoms with Crippen molar-refractivity contribution < 1.29 is 24.5 Å². The third-order valence-corrected chi connectivity index (χ3v) is 4.25. The maximum Gasteiger partial charge on any atom is 0.323 e. The molecule has 0 bridgehead atoms. The number of nitrogens with zero attached hydrogens (tertiary/aromatic N) is 2. The molecule has 2 aromatic heterocycles. The maximum atomic E-state index is 14.1. The molecule has 2 atom stereocenters. The molecule has 3 aromatic rings. The van der Waals surface area contributed by atoms with Crippen molar-refractivity contribution in [3.05, 3.63) is 47.3 Å². The highest BCUT2D eigenvalue weighted by atomic mass is 19.1. The Kier molecular flexibility index (Phi) is 4.66. The Morgan fingerprint density at radius 3 is 2.85 bits per heavy atom. The molecule has 0 fully saturated rings. The molecule has 8 nitrogen and oxygen atoms in total. The number of H-pyrrole nitrogens is 1. The van der Waals surface area contributed by atoms with Gasteiger partial charge in [0.1, 0.15) is 23.9 Å². The van der Waals surface area contributed by atoms with Crippen molar-refractivity contribution in [3.8, 4) is 5.88 Å². The van der Waals surface area contributed by atoms with E-state index in [0.29, 0.717) is 16.5 Å². The topological polar surface area (TPSA) is 137 Å². The highest BCUT2D eigenvalue weighted by molar-refractivity contribution is 5.84. The van der Waals surface area contributed by atoms with E-state index in [-0.39, 0.29) is 23.8 Å². The normalized spacial score (nSPS) is 13.8. The van der Waals surface area contributed by atoms with Gasteiger partial charge in [-0.15, -0.1) is 0 Å². The molecule has 2 unspecified atom stereocenters. The number of carbonyl (C=O) groups is 1. The van der Waals surface area contributed by atoms with Crippen LogP contribution >= 0.6 is 0 Å². The van der Waals surface area contributed by atoms with E-state index in [0.717, 1.165) is 4.57 Å². The summed E-state index contributed by atoms with van der Waals surface area (Å²) >= 11 is 0. The fraction of sp³-hybridized carbons (Fsp3) is 0.294. The minimum atomic E-state index is -1.19. The monoisotopic (exact) mass is 362 g/mol. The molecular formula is C17H19FN4O4. The van der Waals surface area contributed by atoms with E-state index in [9.17, 15) is 19.4 Å². The number of hydrogen-bond donors (Lipinski definition) is 5. The van der Waals surface area contributed by atoms with Gasteiger partial charge in [-0.05, 0) is 24.6 Å². The summed E-state index contributed by atoms with van der Waals surface area (Å²) in [4.78, 5) is 18.3. The van der Waals surface area contributed by atoms with Gasteiger partial charge in [0.25, 0.3) is 0 Å². The summed E-state index contributed by atoms with van der Waals surface area (Å²) < 4.78 is 15.2. The summed E-state index contributed by atoms with van der Waals surface area (Å²) in [6.45, 7) is 0.882. The van der Waals surface area contributed by atoms with Gasteiger partial charge < -0.3 is 26.0 Å². The molecule has 0 spiro atoms. The van der Waals surface area contributed by atoms with Crippen LogP contribution in [0.3, 0.4) is 0 Å². The van der Waals surface area contributed by atoms with E-state index in [4.69, 9.17) is 10.8 Å².